The molecule has 0 saturated carbocycles. The van der Waals surface area contributed by atoms with Crippen LogP contribution in [0, 0.1) is 0 Å². The maximum Gasteiger partial charge on any atom is 0.227 e. The topological polar surface area (TPSA) is 64.7 Å². The molecule has 61 heavy (non-hydrogen) atoms. The number of benzene rings is 8. The summed E-state index contributed by atoms with van der Waals surface area (Å²) >= 11 is 0. The van der Waals surface area contributed by atoms with E-state index in [4.69, 9.17) is 24.4 Å². The zero-order chi connectivity index (χ0) is 40.7. The molecule has 2 aliphatic rings. The van der Waals surface area contributed by atoms with E-state index in [1.165, 1.54) is 44.5 Å². The van der Waals surface area contributed by atoms with Crippen LogP contribution in [0.3, 0.4) is 0 Å². The van der Waals surface area contributed by atoms with Crippen LogP contribution >= 0.6 is 0 Å². The molecule has 0 radical (unpaired) electrons. The molecule has 2 aliphatic carbocycles. The van der Waals surface area contributed by atoms with E-state index in [1.807, 2.05) is 72.8 Å². The molecular weight excluding hydrogens is 745 g/mol. The van der Waals surface area contributed by atoms with Gasteiger partial charge in [-0.2, -0.15) is 0 Å². The summed E-state index contributed by atoms with van der Waals surface area (Å²) in [5.74, 6) is 2.38. The first-order valence-electron chi connectivity index (χ1n) is 20.6. The lowest BCUT2D eigenvalue weighted by Crippen LogP contribution is -2.25. The van der Waals surface area contributed by atoms with E-state index in [1.54, 1.807) is 0 Å². The Kier molecular flexibility index (Phi) is 7.75. The molecule has 0 atom stereocenters. The maximum absolute atomic E-state index is 6.58. The second-order valence-corrected chi connectivity index (χ2v) is 15.8. The molecule has 0 aliphatic heterocycles. The van der Waals surface area contributed by atoms with Crippen molar-refractivity contribution in [2.24, 2.45) is 0 Å². The van der Waals surface area contributed by atoms with Gasteiger partial charge in [-0.25, -0.2) is 19.9 Å². The SMILES string of the molecule is C=Cc1ccc2ccc3nc(-c4ccccc4)oc3c2c1/C=C(\C)c1nc(-c2ccccc2)nc(-c2ccc3c(c2)C2(c4ccccc4-c4ccccc42)c2ccccc2-3)n1. The Balaban J connectivity index is 1.06. The number of aromatic nitrogens is 4. The molecule has 0 fully saturated rings. The van der Waals surface area contributed by atoms with Crippen LogP contribution in [-0.2, 0) is 5.41 Å². The minimum Gasteiger partial charge on any atom is -0.435 e. The highest BCUT2D eigenvalue weighted by Crippen LogP contribution is 2.63. The summed E-state index contributed by atoms with van der Waals surface area (Å²) in [5.41, 5.74) is 16.7. The average molecular weight is 781 g/mol. The standard InChI is InChI=1S/C56H36N4O/c1-3-35-26-27-36-29-31-49-51(61-55(57-49)38-18-8-5-9-19-38)50(36)44(35)32-34(2)52-58-53(37-16-6-4-7-17-37)60-54(59-52)39-28-30-43-42-22-12-15-25-47(42)56(48(43)33-39)45-23-13-10-20-40(45)41-21-11-14-24-46(41)56/h3-33H,1H2,2H3/b34-32+. The van der Waals surface area contributed by atoms with Crippen molar-refractivity contribution in [3.8, 4) is 56.5 Å². The second-order valence-electron chi connectivity index (χ2n) is 15.8. The van der Waals surface area contributed by atoms with Gasteiger partial charge < -0.3 is 4.42 Å². The van der Waals surface area contributed by atoms with Crippen molar-refractivity contribution in [1.29, 1.82) is 0 Å². The van der Waals surface area contributed by atoms with Crippen LogP contribution in [0.1, 0.15) is 46.1 Å². The fraction of sp³-hybridized carbons (Fsp3) is 0.0357. The predicted molar refractivity (Wildman–Crippen MR) is 248 cm³/mol. The van der Waals surface area contributed by atoms with Crippen molar-refractivity contribution in [2.45, 2.75) is 12.3 Å². The number of rotatable bonds is 6. The molecule has 12 rings (SSSR count). The van der Waals surface area contributed by atoms with Gasteiger partial charge in [0.2, 0.25) is 5.89 Å². The van der Waals surface area contributed by atoms with E-state index in [0.29, 0.717) is 23.4 Å². The van der Waals surface area contributed by atoms with Crippen LogP contribution in [0.4, 0.5) is 0 Å². The van der Waals surface area contributed by atoms with E-state index < -0.39 is 5.41 Å². The Morgan fingerprint density at radius 1 is 0.525 bits per heavy atom. The quantitative estimate of drug-likeness (QED) is 0.168. The van der Waals surface area contributed by atoms with Gasteiger partial charge in [-0.05, 0) is 104 Å². The normalized spacial score (nSPS) is 13.3. The maximum atomic E-state index is 6.58. The highest BCUT2D eigenvalue weighted by molar-refractivity contribution is 6.10. The van der Waals surface area contributed by atoms with Gasteiger partial charge >= 0.3 is 0 Å². The van der Waals surface area contributed by atoms with Gasteiger partial charge in [0.05, 0.1) is 5.41 Å². The Labute approximate surface area is 353 Å². The number of fused-ring (bicyclic) bond motifs is 13. The third-order valence-corrected chi connectivity index (χ3v) is 12.5. The van der Waals surface area contributed by atoms with Crippen molar-refractivity contribution in [3.63, 3.8) is 0 Å². The lowest BCUT2D eigenvalue weighted by Gasteiger charge is -2.30. The fourth-order valence-corrected chi connectivity index (χ4v) is 9.79. The number of hydrogen-bond acceptors (Lipinski definition) is 5. The molecule has 0 unspecified atom stereocenters. The highest BCUT2D eigenvalue weighted by atomic mass is 16.3. The summed E-state index contributed by atoms with van der Waals surface area (Å²) in [5, 5.41) is 2.00. The Bertz CT molecular complexity index is 3390. The Morgan fingerprint density at radius 2 is 1.08 bits per heavy atom. The monoisotopic (exact) mass is 780 g/mol. The third kappa shape index (κ3) is 5.20. The Morgan fingerprint density at radius 3 is 1.72 bits per heavy atom. The summed E-state index contributed by atoms with van der Waals surface area (Å²) in [4.78, 5) is 20.6. The van der Waals surface area contributed by atoms with Crippen molar-refractivity contribution in [2.75, 3.05) is 0 Å². The predicted octanol–water partition coefficient (Wildman–Crippen LogP) is 13.7. The van der Waals surface area contributed by atoms with Gasteiger partial charge in [0.1, 0.15) is 5.52 Å². The van der Waals surface area contributed by atoms with Crippen LogP contribution in [0.2, 0.25) is 0 Å². The van der Waals surface area contributed by atoms with Crippen molar-refractivity contribution in [1.82, 2.24) is 19.9 Å². The second kappa shape index (κ2) is 13.5. The average Bonchev–Trinajstić information content (AvgIpc) is 3.99. The molecule has 0 saturated heterocycles. The van der Waals surface area contributed by atoms with Crippen LogP contribution in [0.5, 0.6) is 0 Å². The summed E-state index contributed by atoms with van der Waals surface area (Å²) in [6.07, 6.45) is 4.04. The van der Waals surface area contributed by atoms with Crippen molar-refractivity contribution < 1.29 is 4.42 Å². The number of hydrogen-bond donors (Lipinski definition) is 0. The first kappa shape index (κ1) is 35.0. The van der Waals surface area contributed by atoms with Crippen molar-refractivity contribution >= 4 is 39.6 Å². The number of oxazole rings is 1. The molecule has 1 spiro atoms. The van der Waals surface area contributed by atoms with E-state index >= 15 is 0 Å². The summed E-state index contributed by atoms with van der Waals surface area (Å²) in [6.45, 7) is 6.27. The number of nitrogens with zero attached hydrogens (tertiary/aromatic N) is 4. The van der Waals surface area contributed by atoms with Crippen LogP contribution in [0.15, 0.2) is 187 Å². The zero-order valence-electron chi connectivity index (χ0n) is 33.3. The minimum absolute atomic E-state index is 0.481. The van der Waals surface area contributed by atoms with Crippen molar-refractivity contribution in [3.05, 3.63) is 222 Å². The molecule has 0 bridgehead atoms. The smallest absolute Gasteiger partial charge is 0.227 e. The van der Waals surface area contributed by atoms with Gasteiger partial charge in [-0.3, -0.25) is 0 Å². The van der Waals surface area contributed by atoms with Gasteiger partial charge in [0, 0.05) is 22.1 Å². The largest absolute Gasteiger partial charge is 0.435 e. The molecule has 8 aromatic carbocycles. The molecule has 286 valence electrons. The lowest BCUT2D eigenvalue weighted by atomic mass is 9.70. The van der Waals surface area contributed by atoms with Crippen LogP contribution < -0.4 is 0 Å². The van der Waals surface area contributed by atoms with E-state index in [2.05, 4.69) is 129 Å². The van der Waals surface area contributed by atoms with E-state index in [9.17, 15) is 0 Å². The van der Waals surface area contributed by atoms with E-state index in [0.717, 1.165) is 55.3 Å². The van der Waals surface area contributed by atoms with Gasteiger partial charge in [0.25, 0.3) is 0 Å². The third-order valence-electron chi connectivity index (χ3n) is 12.5. The number of allylic oxidation sites excluding steroid dienone is 1. The van der Waals surface area contributed by atoms with Crippen LogP contribution in [-0.4, -0.2) is 19.9 Å². The molecule has 5 heteroatoms. The highest BCUT2D eigenvalue weighted by Gasteiger charge is 2.51. The van der Waals surface area contributed by atoms with E-state index in [-0.39, 0.29) is 0 Å². The molecular formula is C56H36N4O. The summed E-state index contributed by atoms with van der Waals surface area (Å²) in [7, 11) is 0. The molecule has 0 N–H and O–H groups in total. The van der Waals surface area contributed by atoms with Crippen LogP contribution in [0.25, 0.3) is 96.1 Å². The lowest BCUT2D eigenvalue weighted by molar-refractivity contribution is 0.623. The summed E-state index contributed by atoms with van der Waals surface area (Å²) < 4.78 is 6.58. The van der Waals surface area contributed by atoms with Gasteiger partial charge in [-0.15, -0.1) is 0 Å². The molecule has 0 amide bonds. The van der Waals surface area contributed by atoms with Gasteiger partial charge in [0.15, 0.2) is 23.1 Å². The molecule has 2 aromatic heterocycles. The molecule has 5 nitrogen and oxygen atoms in total. The first-order valence-corrected chi connectivity index (χ1v) is 20.6. The molecule has 2 heterocycles. The minimum atomic E-state index is -0.481. The Hall–Kier alpha value is -8.02. The fourth-order valence-electron chi connectivity index (χ4n) is 9.79. The zero-order valence-corrected chi connectivity index (χ0v) is 33.3. The summed E-state index contributed by atoms with van der Waals surface area (Å²) in [6, 6.07) is 61.9. The molecule has 10 aromatic rings. The first-order chi connectivity index (χ1) is 30.1. The van der Waals surface area contributed by atoms with Gasteiger partial charge in [-0.1, -0.05) is 164 Å².